The summed E-state index contributed by atoms with van der Waals surface area (Å²) in [6, 6.07) is 14.3. The third-order valence-electron chi connectivity index (χ3n) is 2.50. The molecule has 0 bridgehead atoms. The lowest BCUT2D eigenvalue weighted by Crippen LogP contribution is -2.20. The molecule has 1 heteroatoms. The Kier molecular flexibility index (Phi) is 2.49. The first kappa shape index (κ1) is 10.2. The summed E-state index contributed by atoms with van der Waals surface area (Å²) in [6.07, 6.45) is 0.578. The van der Waals surface area contributed by atoms with E-state index in [-0.39, 0.29) is 0 Å². The van der Waals surface area contributed by atoms with Crippen molar-refractivity contribution in [2.75, 3.05) is 0 Å². The summed E-state index contributed by atoms with van der Waals surface area (Å²) >= 11 is 0. The molecule has 0 aliphatic heterocycles. The van der Waals surface area contributed by atoms with Crippen LogP contribution in [0, 0.1) is 0 Å². The smallest absolute Gasteiger partial charge is 0.102 e. The Hall–Kier alpha value is -1.34. The molecule has 0 unspecified atom stereocenters. The first-order valence-corrected chi connectivity index (χ1v) is 5.23. The molecular weight excluding hydrogens is 184 g/mol. The molecule has 1 nitrogen and oxygen atoms in total. The van der Waals surface area contributed by atoms with E-state index >= 15 is 0 Å². The summed E-state index contributed by atoms with van der Waals surface area (Å²) in [7, 11) is 0. The third-order valence-corrected chi connectivity index (χ3v) is 2.50. The SMILES string of the molecule is CC(C)([O])Cc1cccc2ccccc12. The molecule has 77 valence electrons. The average Bonchev–Trinajstić information content (AvgIpc) is 2.16. The fourth-order valence-electron chi connectivity index (χ4n) is 1.91. The molecule has 0 fully saturated rings. The van der Waals surface area contributed by atoms with E-state index in [0.717, 1.165) is 5.56 Å². The molecule has 2 rings (SSSR count). The van der Waals surface area contributed by atoms with Gasteiger partial charge in [-0.05, 0) is 30.2 Å². The summed E-state index contributed by atoms with van der Waals surface area (Å²) in [5.74, 6) is 0. The predicted octanol–water partition coefficient (Wildman–Crippen LogP) is 3.59. The van der Waals surface area contributed by atoms with E-state index in [9.17, 15) is 5.11 Å². The molecule has 2 aromatic rings. The van der Waals surface area contributed by atoms with Gasteiger partial charge in [-0.15, -0.1) is 0 Å². The van der Waals surface area contributed by atoms with Gasteiger partial charge in [0.25, 0.3) is 0 Å². The summed E-state index contributed by atoms with van der Waals surface area (Å²) in [4.78, 5) is 0. The molecule has 0 spiro atoms. The minimum Gasteiger partial charge on any atom is -0.230 e. The molecule has 0 aliphatic rings. The zero-order valence-corrected chi connectivity index (χ0v) is 9.16. The van der Waals surface area contributed by atoms with Gasteiger partial charge in [0.05, 0.1) is 0 Å². The quantitative estimate of drug-likeness (QED) is 0.704. The molecule has 0 heterocycles. The van der Waals surface area contributed by atoms with Crippen LogP contribution in [0.2, 0.25) is 0 Å². The first-order chi connectivity index (χ1) is 7.06. The van der Waals surface area contributed by atoms with Gasteiger partial charge in [-0.1, -0.05) is 42.5 Å². The predicted molar refractivity (Wildman–Crippen MR) is 62.4 cm³/mol. The fraction of sp³-hybridized carbons (Fsp3) is 0.286. The van der Waals surface area contributed by atoms with Crippen molar-refractivity contribution in [3.63, 3.8) is 0 Å². The second-order valence-electron chi connectivity index (χ2n) is 4.57. The highest BCUT2D eigenvalue weighted by molar-refractivity contribution is 5.85. The minimum absolute atomic E-state index is 0.578. The highest BCUT2D eigenvalue weighted by Crippen LogP contribution is 2.22. The second-order valence-corrected chi connectivity index (χ2v) is 4.57. The number of benzene rings is 2. The molecule has 0 aliphatic carbocycles. The summed E-state index contributed by atoms with van der Waals surface area (Å²) in [5.41, 5.74) is 0.248. The molecule has 0 N–H and O–H groups in total. The summed E-state index contributed by atoms with van der Waals surface area (Å²) in [5, 5.41) is 14.1. The van der Waals surface area contributed by atoms with Gasteiger partial charge in [-0.3, -0.25) is 0 Å². The van der Waals surface area contributed by atoms with Gasteiger partial charge in [0, 0.05) is 6.42 Å². The molecule has 15 heavy (non-hydrogen) atoms. The van der Waals surface area contributed by atoms with Gasteiger partial charge in [0.2, 0.25) is 0 Å². The van der Waals surface area contributed by atoms with Crippen molar-refractivity contribution in [1.29, 1.82) is 0 Å². The van der Waals surface area contributed by atoms with Crippen molar-refractivity contribution in [2.24, 2.45) is 0 Å². The van der Waals surface area contributed by atoms with Gasteiger partial charge < -0.3 is 0 Å². The molecule has 0 aromatic heterocycles. The normalized spacial score (nSPS) is 11.9. The van der Waals surface area contributed by atoms with Crippen LogP contribution in [-0.4, -0.2) is 5.60 Å². The minimum atomic E-state index is -0.899. The molecule has 2 aromatic carbocycles. The maximum absolute atomic E-state index is 11.7. The maximum Gasteiger partial charge on any atom is 0.102 e. The Bertz CT molecular complexity index is 461. The molecule has 0 amide bonds. The highest BCUT2D eigenvalue weighted by atomic mass is 16.3. The van der Waals surface area contributed by atoms with Crippen molar-refractivity contribution >= 4 is 10.8 Å². The van der Waals surface area contributed by atoms with E-state index in [4.69, 9.17) is 0 Å². The van der Waals surface area contributed by atoms with Crippen LogP contribution in [0.25, 0.3) is 10.8 Å². The molecule has 0 atom stereocenters. The lowest BCUT2D eigenvalue weighted by Gasteiger charge is -2.15. The van der Waals surface area contributed by atoms with Crippen molar-refractivity contribution in [2.45, 2.75) is 25.9 Å². The van der Waals surface area contributed by atoms with E-state index in [1.807, 2.05) is 24.3 Å². The van der Waals surface area contributed by atoms with Crippen LogP contribution in [-0.2, 0) is 11.5 Å². The van der Waals surface area contributed by atoms with Crippen molar-refractivity contribution in [3.05, 3.63) is 48.0 Å². The van der Waals surface area contributed by atoms with E-state index < -0.39 is 5.60 Å². The molecule has 0 saturated carbocycles. The number of rotatable bonds is 2. The van der Waals surface area contributed by atoms with Gasteiger partial charge in [-0.25, -0.2) is 5.11 Å². The average molecular weight is 199 g/mol. The Labute approximate surface area is 90.4 Å². The lowest BCUT2D eigenvalue weighted by atomic mass is 9.94. The lowest BCUT2D eigenvalue weighted by molar-refractivity contribution is 0.00505. The Morgan fingerprint density at radius 2 is 1.67 bits per heavy atom. The van der Waals surface area contributed by atoms with Gasteiger partial charge in [0.1, 0.15) is 5.60 Å². The van der Waals surface area contributed by atoms with Crippen LogP contribution in [0.5, 0.6) is 0 Å². The maximum atomic E-state index is 11.7. The van der Waals surface area contributed by atoms with E-state index in [2.05, 4.69) is 18.2 Å². The molecule has 0 saturated heterocycles. The third kappa shape index (κ3) is 2.37. The topological polar surface area (TPSA) is 19.9 Å². The van der Waals surface area contributed by atoms with Gasteiger partial charge >= 0.3 is 0 Å². The standard InChI is InChI=1S/C14H15O/c1-14(2,15)10-12-8-5-7-11-6-3-4-9-13(11)12/h3-9H,10H2,1-2H3. The number of hydrogen-bond acceptors (Lipinski definition) is 0. The van der Waals surface area contributed by atoms with Gasteiger partial charge in [0.15, 0.2) is 0 Å². The highest BCUT2D eigenvalue weighted by Gasteiger charge is 2.16. The molecular formula is C14H15O. The van der Waals surface area contributed by atoms with Crippen LogP contribution in [0.3, 0.4) is 0 Å². The Morgan fingerprint density at radius 3 is 2.40 bits per heavy atom. The largest absolute Gasteiger partial charge is 0.230 e. The summed E-state index contributed by atoms with van der Waals surface area (Å²) < 4.78 is 0. The Balaban J connectivity index is 2.52. The Morgan fingerprint density at radius 1 is 1.00 bits per heavy atom. The van der Waals surface area contributed by atoms with Crippen molar-refractivity contribution < 1.29 is 5.11 Å². The van der Waals surface area contributed by atoms with Crippen molar-refractivity contribution in [1.82, 2.24) is 0 Å². The fourth-order valence-corrected chi connectivity index (χ4v) is 1.91. The zero-order chi connectivity index (χ0) is 10.9. The van der Waals surface area contributed by atoms with Crippen molar-refractivity contribution in [3.8, 4) is 0 Å². The monoisotopic (exact) mass is 199 g/mol. The first-order valence-electron chi connectivity index (χ1n) is 5.23. The van der Waals surface area contributed by atoms with Gasteiger partial charge in [-0.2, -0.15) is 0 Å². The summed E-state index contributed by atoms with van der Waals surface area (Å²) in [6.45, 7) is 3.46. The van der Waals surface area contributed by atoms with Crippen LogP contribution in [0.1, 0.15) is 19.4 Å². The molecule has 1 radical (unpaired) electrons. The van der Waals surface area contributed by atoms with Crippen LogP contribution < -0.4 is 0 Å². The van der Waals surface area contributed by atoms with Crippen LogP contribution >= 0.6 is 0 Å². The number of fused-ring (bicyclic) bond motifs is 1. The van der Waals surface area contributed by atoms with E-state index in [0.29, 0.717) is 6.42 Å². The second kappa shape index (κ2) is 3.67. The zero-order valence-electron chi connectivity index (χ0n) is 9.16. The number of hydrogen-bond donors (Lipinski definition) is 0. The van der Waals surface area contributed by atoms with Crippen LogP contribution in [0.4, 0.5) is 0 Å². The van der Waals surface area contributed by atoms with E-state index in [1.165, 1.54) is 10.8 Å². The van der Waals surface area contributed by atoms with E-state index in [1.54, 1.807) is 13.8 Å². The van der Waals surface area contributed by atoms with Crippen LogP contribution in [0.15, 0.2) is 42.5 Å².